The standard InChI is InChI=1S/C24H29NO8/c1-5-8-12-15(20(29-4)22-21(19(12)28-3)31-11-32-22)17-16-13(26)9-7-10-14(16)33-23(25)18(17)24(27)30-6-2/h17H,5-11,25H2,1-4H3/t17-/m0/s1. The number of allylic oxidation sites excluding steroid dienone is 2. The molecule has 1 aromatic carbocycles. The molecular formula is C24H29NO8. The van der Waals surface area contributed by atoms with Gasteiger partial charge in [0.1, 0.15) is 11.3 Å². The first-order valence-electron chi connectivity index (χ1n) is 11.1. The highest BCUT2D eigenvalue weighted by Crippen LogP contribution is 2.57. The monoisotopic (exact) mass is 459 g/mol. The van der Waals surface area contributed by atoms with Crippen LogP contribution in [0.2, 0.25) is 0 Å². The zero-order chi connectivity index (χ0) is 23.7. The predicted octanol–water partition coefficient (Wildman–Crippen LogP) is 3.24. The van der Waals surface area contributed by atoms with E-state index in [1.165, 1.54) is 7.11 Å². The number of hydrogen-bond acceptors (Lipinski definition) is 9. The van der Waals surface area contributed by atoms with Crippen LogP contribution in [-0.4, -0.2) is 39.4 Å². The van der Waals surface area contributed by atoms with E-state index >= 15 is 0 Å². The topological polar surface area (TPSA) is 116 Å². The van der Waals surface area contributed by atoms with Gasteiger partial charge in [-0.1, -0.05) is 13.3 Å². The molecule has 0 aromatic heterocycles. The van der Waals surface area contributed by atoms with Gasteiger partial charge in [0.2, 0.25) is 24.2 Å². The molecule has 33 heavy (non-hydrogen) atoms. The minimum atomic E-state index is -0.847. The van der Waals surface area contributed by atoms with E-state index in [1.54, 1.807) is 14.0 Å². The van der Waals surface area contributed by atoms with Crippen LogP contribution in [0.5, 0.6) is 23.0 Å². The molecule has 2 heterocycles. The third kappa shape index (κ3) is 3.65. The molecule has 0 saturated carbocycles. The lowest BCUT2D eigenvalue weighted by molar-refractivity contribution is -0.139. The summed E-state index contributed by atoms with van der Waals surface area (Å²) in [6.07, 6.45) is 2.89. The van der Waals surface area contributed by atoms with E-state index in [1.807, 2.05) is 6.92 Å². The van der Waals surface area contributed by atoms with Gasteiger partial charge in [-0.15, -0.1) is 0 Å². The van der Waals surface area contributed by atoms with E-state index in [0.29, 0.717) is 65.6 Å². The van der Waals surface area contributed by atoms with E-state index in [4.69, 9.17) is 34.2 Å². The number of nitrogens with two attached hydrogens (primary N) is 1. The lowest BCUT2D eigenvalue weighted by Gasteiger charge is -2.34. The van der Waals surface area contributed by atoms with Crippen LogP contribution >= 0.6 is 0 Å². The molecule has 9 nitrogen and oxygen atoms in total. The summed E-state index contributed by atoms with van der Waals surface area (Å²) < 4.78 is 34.1. The molecule has 1 atom stereocenters. The number of methoxy groups -OCH3 is 2. The molecular weight excluding hydrogens is 430 g/mol. The Balaban J connectivity index is 2.08. The number of fused-ring (bicyclic) bond motifs is 1. The molecule has 0 unspecified atom stereocenters. The maximum atomic E-state index is 13.2. The Morgan fingerprint density at radius 1 is 1.09 bits per heavy atom. The van der Waals surface area contributed by atoms with Crippen molar-refractivity contribution in [3.63, 3.8) is 0 Å². The van der Waals surface area contributed by atoms with Gasteiger partial charge >= 0.3 is 5.97 Å². The second kappa shape index (κ2) is 9.25. The number of rotatable bonds is 7. The highest BCUT2D eigenvalue weighted by molar-refractivity contribution is 6.03. The Bertz CT molecular complexity index is 1060. The first kappa shape index (κ1) is 22.8. The zero-order valence-electron chi connectivity index (χ0n) is 19.4. The van der Waals surface area contributed by atoms with Crippen molar-refractivity contribution >= 4 is 11.8 Å². The van der Waals surface area contributed by atoms with E-state index in [0.717, 1.165) is 12.0 Å². The summed E-state index contributed by atoms with van der Waals surface area (Å²) in [6, 6.07) is 0. The van der Waals surface area contributed by atoms with Crippen LogP contribution in [0, 0.1) is 0 Å². The summed E-state index contributed by atoms with van der Waals surface area (Å²) in [5, 5.41) is 0. The lowest BCUT2D eigenvalue weighted by Crippen LogP contribution is -2.32. The predicted molar refractivity (Wildman–Crippen MR) is 117 cm³/mol. The van der Waals surface area contributed by atoms with Gasteiger partial charge in [0, 0.05) is 29.5 Å². The lowest BCUT2D eigenvalue weighted by atomic mass is 9.74. The van der Waals surface area contributed by atoms with E-state index < -0.39 is 11.9 Å². The molecule has 178 valence electrons. The molecule has 0 spiro atoms. The number of carbonyl (C=O) groups is 2. The molecule has 0 amide bonds. The Labute approximate surface area is 192 Å². The number of ether oxygens (including phenoxy) is 6. The van der Waals surface area contributed by atoms with Crippen molar-refractivity contribution in [1.82, 2.24) is 0 Å². The zero-order valence-corrected chi connectivity index (χ0v) is 19.4. The second-order valence-corrected chi connectivity index (χ2v) is 7.92. The minimum absolute atomic E-state index is 0.000435. The summed E-state index contributed by atoms with van der Waals surface area (Å²) in [5.41, 5.74) is 8.08. The Hall–Kier alpha value is -3.36. The SMILES string of the molecule is CCCc1c(OC)c2c(c(OC)c1[C@@H]1C(C(=O)OCC)=C(N)OC3=C1C(=O)CCC3)OCO2. The van der Waals surface area contributed by atoms with Gasteiger partial charge in [-0.05, 0) is 19.8 Å². The molecule has 9 heteroatoms. The average molecular weight is 459 g/mol. The quantitative estimate of drug-likeness (QED) is 0.614. The second-order valence-electron chi connectivity index (χ2n) is 7.92. The van der Waals surface area contributed by atoms with E-state index in [2.05, 4.69) is 0 Å². The minimum Gasteiger partial charge on any atom is -0.492 e. The van der Waals surface area contributed by atoms with Gasteiger partial charge in [-0.25, -0.2) is 4.79 Å². The molecule has 0 radical (unpaired) electrons. The first-order chi connectivity index (χ1) is 16.0. The van der Waals surface area contributed by atoms with Crippen LogP contribution in [0.4, 0.5) is 0 Å². The van der Waals surface area contributed by atoms with Crippen LogP contribution in [0.15, 0.2) is 22.8 Å². The number of hydrogen-bond donors (Lipinski definition) is 1. The number of esters is 1. The molecule has 0 fully saturated rings. The van der Waals surface area contributed by atoms with Crippen LogP contribution in [0.25, 0.3) is 0 Å². The van der Waals surface area contributed by atoms with Crippen LogP contribution in [0.3, 0.4) is 0 Å². The van der Waals surface area contributed by atoms with Crippen LogP contribution < -0.4 is 24.7 Å². The third-order valence-electron chi connectivity index (χ3n) is 6.05. The van der Waals surface area contributed by atoms with Crippen molar-refractivity contribution in [1.29, 1.82) is 0 Å². The normalized spacial score (nSPS) is 19.3. The smallest absolute Gasteiger partial charge is 0.340 e. The summed E-state index contributed by atoms with van der Waals surface area (Å²) >= 11 is 0. The Morgan fingerprint density at radius 2 is 1.79 bits per heavy atom. The Kier molecular flexibility index (Phi) is 6.40. The molecule has 2 aliphatic heterocycles. The third-order valence-corrected chi connectivity index (χ3v) is 6.05. The van der Waals surface area contributed by atoms with Crippen molar-refractivity contribution < 1.29 is 38.0 Å². The fraction of sp³-hybridized carbons (Fsp3) is 0.500. The molecule has 1 aromatic rings. The van der Waals surface area contributed by atoms with E-state index in [9.17, 15) is 9.59 Å². The van der Waals surface area contributed by atoms with E-state index in [-0.39, 0.29) is 30.6 Å². The number of benzene rings is 1. The van der Waals surface area contributed by atoms with Crippen molar-refractivity contribution in [3.8, 4) is 23.0 Å². The summed E-state index contributed by atoms with van der Waals surface area (Å²) in [5.74, 6) is 0.465. The van der Waals surface area contributed by atoms with Gasteiger partial charge in [0.15, 0.2) is 17.3 Å². The van der Waals surface area contributed by atoms with Crippen molar-refractivity contribution in [2.45, 2.75) is 51.9 Å². The first-order valence-corrected chi connectivity index (χ1v) is 11.1. The maximum absolute atomic E-state index is 13.2. The molecule has 3 aliphatic rings. The largest absolute Gasteiger partial charge is 0.492 e. The van der Waals surface area contributed by atoms with Gasteiger partial charge in [-0.2, -0.15) is 0 Å². The molecule has 2 N–H and O–H groups in total. The van der Waals surface area contributed by atoms with Gasteiger partial charge in [0.05, 0.1) is 26.7 Å². The Morgan fingerprint density at radius 3 is 2.42 bits per heavy atom. The molecule has 1 aliphatic carbocycles. The number of carbonyl (C=O) groups excluding carboxylic acids is 2. The summed E-state index contributed by atoms with van der Waals surface area (Å²) in [6.45, 7) is 3.87. The van der Waals surface area contributed by atoms with Gasteiger partial charge < -0.3 is 34.2 Å². The number of Topliss-reactive ketones (excluding diaryl/α,β-unsaturated/α-hetero) is 1. The van der Waals surface area contributed by atoms with Crippen molar-refractivity contribution in [2.75, 3.05) is 27.6 Å². The fourth-order valence-corrected chi connectivity index (χ4v) is 4.81. The summed E-state index contributed by atoms with van der Waals surface area (Å²) in [4.78, 5) is 26.3. The molecule has 4 rings (SSSR count). The highest BCUT2D eigenvalue weighted by atomic mass is 16.7. The number of ketones is 1. The molecule has 0 bridgehead atoms. The highest BCUT2D eigenvalue weighted by Gasteiger charge is 2.45. The van der Waals surface area contributed by atoms with Crippen molar-refractivity contribution in [3.05, 3.63) is 33.9 Å². The van der Waals surface area contributed by atoms with Gasteiger partial charge in [-0.3, -0.25) is 4.79 Å². The molecule has 0 saturated heterocycles. The average Bonchev–Trinajstić information content (AvgIpc) is 3.27. The van der Waals surface area contributed by atoms with Crippen molar-refractivity contribution in [2.24, 2.45) is 5.73 Å². The fourth-order valence-electron chi connectivity index (χ4n) is 4.81. The summed E-state index contributed by atoms with van der Waals surface area (Å²) in [7, 11) is 3.06. The van der Waals surface area contributed by atoms with Crippen LogP contribution in [0.1, 0.15) is 56.6 Å². The van der Waals surface area contributed by atoms with Gasteiger partial charge in [0.25, 0.3) is 0 Å². The maximum Gasteiger partial charge on any atom is 0.340 e. The van der Waals surface area contributed by atoms with Crippen LogP contribution in [-0.2, 0) is 25.5 Å².